The Labute approximate surface area is 155 Å². The number of nitrogens with one attached hydrogen (secondary N) is 2. The van der Waals surface area contributed by atoms with Crippen molar-refractivity contribution in [2.24, 2.45) is 0 Å². The summed E-state index contributed by atoms with van der Waals surface area (Å²) in [6.45, 7) is 0.488. The third kappa shape index (κ3) is 4.86. The molecule has 2 N–H and O–H groups in total. The van der Waals surface area contributed by atoms with Crippen LogP contribution >= 0.6 is 0 Å². The number of nitriles is 1. The monoisotopic (exact) mass is 361 g/mol. The number of rotatable bonds is 6. The molecule has 134 valence electrons. The zero-order valence-corrected chi connectivity index (χ0v) is 14.3. The van der Waals surface area contributed by atoms with E-state index in [1.807, 2.05) is 6.07 Å². The Balaban J connectivity index is 1.55. The van der Waals surface area contributed by atoms with Gasteiger partial charge in [0, 0.05) is 12.2 Å². The molecule has 0 atom stereocenters. The molecule has 0 fully saturated rings. The minimum Gasteiger partial charge on any atom is -0.368 e. The van der Waals surface area contributed by atoms with Gasteiger partial charge in [-0.1, -0.05) is 24.3 Å². The number of halogens is 1. The fraction of sp³-hybridized carbons (Fsp3) is 0.100. The zero-order chi connectivity index (χ0) is 19.1. The Morgan fingerprint density at radius 2 is 1.93 bits per heavy atom. The smallest absolute Gasteiger partial charge is 0.276 e. The molecule has 3 rings (SSSR count). The number of aromatic nitrogens is 2. The number of hydrogen-bond donors (Lipinski definition) is 2. The fourth-order valence-electron chi connectivity index (χ4n) is 2.44. The summed E-state index contributed by atoms with van der Waals surface area (Å²) in [7, 11) is 0. The van der Waals surface area contributed by atoms with E-state index in [1.54, 1.807) is 54.6 Å². The fourth-order valence-corrected chi connectivity index (χ4v) is 2.44. The topological polar surface area (TPSA) is 90.7 Å². The van der Waals surface area contributed by atoms with E-state index in [0.717, 1.165) is 0 Å². The largest absolute Gasteiger partial charge is 0.368 e. The zero-order valence-electron chi connectivity index (χ0n) is 14.3. The molecule has 1 heterocycles. The SMILES string of the molecule is N#Cc1cccc(NC(=O)c2ccc(NCCc3ccccc3F)nn2)c1. The molecule has 0 spiro atoms. The standard InChI is InChI=1S/C20H16FN5O/c21-17-7-2-1-5-15(17)10-11-23-19-9-8-18(25-26-19)20(27)24-16-6-3-4-14(12-16)13-22/h1-9,12H,10-11H2,(H,23,26)(H,24,27). The molecule has 3 aromatic rings. The van der Waals surface area contributed by atoms with E-state index >= 15 is 0 Å². The first-order valence-corrected chi connectivity index (χ1v) is 8.28. The first-order valence-electron chi connectivity index (χ1n) is 8.28. The molecule has 0 saturated heterocycles. The molecule has 1 aromatic heterocycles. The molecular formula is C20H16FN5O. The minimum atomic E-state index is -0.421. The van der Waals surface area contributed by atoms with Crippen LogP contribution in [-0.2, 0) is 6.42 Å². The number of amides is 1. The highest BCUT2D eigenvalue weighted by Gasteiger charge is 2.09. The van der Waals surface area contributed by atoms with Gasteiger partial charge in [0.05, 0.1) is 11.6 Å². The Bertz CT molecular complexity index is 982. The maximum Gasteiger partial charge on any atom is 0.276 e. The lowest BCUT2D eigenvalue weighted by molar-refractivity contribution is 0.102. The minimum absolute atomic E-state index is 0.150. The van der Waals surface area contributed by atoms with Crippen molar-refractivity contribution in [3.8, 4) is 6.07 Å². The Hall–Kier alpha value is -3.79. The highest BCUT2D eigenvalue weighted by Crippen LogP contribution is 2.12. The maximum absolute atomic E-state index is 13.6. The molecule has 0 aliphatic carbocycles. The van der Waals surface area contributed by atoms with Gasteiger partial charge in [0.25, 0.3) is 5.91 Å². The van der Waals surface area contributed by atoms with E-state index in [0.29, 0.717) is 35.6 Å². The number of nitrogens with zero attached hydrogens (tertiary/aromatic N) is 3. The van der Waals surface area contributed by atoms with Gasteiger partial charge in [-0.2, -0.15) is 5.26 Å². The molecule has 27 heavy (non-hydrogen) atoms. The van der Waals surface area contributed by atoms with E-state index in [-0.39, 0.29) is 11.5 Å². The maximum atomic E-state index is 13.6. The van der Waals surface area contributed by atoms with E-state index < -0.39 is 5.91 Å². The highest BCUT2D eigenvalue weighted by molar-refractivity contribution is 6.02. The predicted octanol–water partition coefficient (Wildman–Crippen LogP) is 3.39. The average molecular weight is 361 g/mol. The molecule has 0 aliphatic rings. The number of anilines is 2. The summed E-state index contributed by atoms with van der Waals surface area (Å²) >= 11 is 0. The summed E-state index contributed by atoms with van der Waals surface area (Å²) in [5.41, 5.74) is 1.73. The van der Waals surface area contributed by atoms with Gasteiger partial charge < -0.3 is 10.6 Å². The van der Waals surface area contributed by atoms with Gasteiger partial charge in [0.2, 0.25) is 0 Å². The van der Waals surface area contributed by atoms with Crippen LogP contribution in [-0.4, -0.2) is 22.6 Å². The summed E-state index contributed by atoms with van der Waals surface area (Å²) in [6, 6.07) is 18.4. The van der Waals surface area contributed by atoms with E-state index in [9.17, 15) is 9.18 Å². The Morgan fingerprint density at radius 3 is 2.67 bits per heavy atom. The molecule has 1 amide bonds. The van der Waals surface area contributed by atoms with Crippen molar-refractivity contribution >= 4 is 17.4 Å². The summed E-state index contributed by atoms with van der Waals surface area (Å²) in [5.74, 6) is -0.164. The van der Waals surface area contributed by atoms with Crippen molar-refractivity contribution in [1.29, 1.82) is 5.26 Å². The van der Waals surface area contributed by atoms with Crippen LogP contribution in [0.15, 0.2) is 60.7 Å². The molecule has 7 heteroatoms. The Kier molecular flexibility index (Phi) is 5.70. The summed E-state index contributed by atoms with van der Waals surface area (Å²) in [6.07, 6.45) is 0.506. The van der Waals surface area contributed by atoms with Crippen LogP contribution in [0.2, 0.25) is 0 Å². The number of carbonyl (C=O) groups excluding carboxylic acids is 1. The van der Waals surface area contributed by atoms with Gasteiger partial charge in [0.1, 0.15) is 11.6 Å². The van der Waals surface area contributed by atoms with Gasteiger partial charge in [-0.05, 0) is 48.4 Å². The molecule has 0 radical (unpaired) electrons. The lowest BCUT2D eigenvalue weighted by Gasteiger charge is -2.07. The van der Waals surface area contributed by atoms with Gasteiger partial charge >= 0.3 is 0 Å². The van der Waals surface area contributed by atoms with E-state index in [2.05, 4.69) is 20.8 Å². The van der Waals surface area contributed by atoms with Crippen molar-refractivity contribution in [3.05, 3.63) is 83.3 Å². The van der Waals surface area contributed by atoms with Crippen LogP contribution in [0.25, 0.3) is 0 Å². The normalized spacial score (nSPS) is 10.1. The molecule has 0 unspecified atom stereocenters. The second-order valence-corrected chi connectivity index (χ2v) is 5.72. The van der Waals surface area contributed by atoms with Gasteiger partial charge in [0.15, 0.2) is 5.69 Å². The molecule has 0 bridgehead atoms. The molecular weight excluding hydrogens is 345 g/mol. The summed E-state index contributed by atoms with van der Waals surface area (Å²) in [5, 5.41) is 22.5. The van der Waals surface area contributed by atoms with E-state index in [1.165, 1.54) is 6.07 Å². The average Bonchev–Trinajstić information content (AvgIpc) is 2.70. The van der Waals surface area contributed by atoms with Gasteiger partial charge in [-0.3, -0.25) is 4.79 Å². The molecule has 0 aliphatic heterocycles. The van der Waals surface area contributed by atoms with Crippen molar-refractivity contribution < 1.29 is 9.18 Å². The van der Waals surface area contributed by atoms with Crippen molar-refractivity contribution in [2.75, 3.05) is 17.2 Å². The number of benzene rings is 2. The quantitative estimate of drug-likeness (QED) is 0.702. The first-order chi connectivity index (χ1) is 13.2. The number of carbonyl (C=O) groups is 1. The van der Waals surface area contributed by atoms with E-state index in [4.69, 9.17) is 5.26 Å². The van der Waals surface area contributed by atoms with Crippen molar-refractivity contribution in [1.82, 2.24) is 10.2 Å². The van der Waals surface area contributed by atoms with Crippen LogP contribution in [0.5, 0.6) is 0 Å². The molecule has 2 aromatic carbocycles. The lowest BCUT2D eigenvalue weighted by Crippen LogP contribution is -2.15. The van der Waals surface area contributed by atoms with Crippen LogP contribution in [0.1, 0.15) is 21.6 Å². The lowest BCUT2D eigenvalue weighted by atomic mass is 10.1. The Morgan fingerprint density at radius 1 is 1.07 bits per heavy atom. The summed E-state index contributed by atoms with van der Waals surface area (Å²) in [4.78, 5) is 12.2. The predicted molar refractivity (Wildman–Crippen MR) is 99.7 cm³/mol. The van der Waals surface area contributed by atoms with Crippen LogP contribution in [0, 0.1) is 17.1 Å². The second kappa shape index (κ2) is 8.54. The third-order valence-electron chi connectivity index (χ3n) is 3.81. The van der Waals surface area contributed by atoms with Crippen LogP contribution in [0.4, 0.5) is 15.9 Å². The van der Waals surface area contributed by atoms with Gasteiger partial charge in [-0.25, -0.2) is 4.39 Å². The van der Waals surface area contributed by atoms with Gasteiger partial charge in [-0.15, -0.1) is 10.2 Å². The van der Waals surface area contributed by atoms with Crippen LogP contribution in [0.3, 0.4) is 0 Å². The highest BCUT2D eigenvalue weighted by atomic mass is 19.1. The summed E-state index contributed by atoms with van der Waals surface area (Å²) < 4.78 is 13.6. The third-order valence-corrected chi connectivity index (χ3v) is 3.81. The second-order valence-electron chi connectivity index (χ2n) is 5.72. The first kappa shape index (κ1) is 18.0. The molecule has 6 nitrogen and oxygen atoms in total. The van der Waals surface area contributed by atoms with Crippen molar-refractivity contribution in [2.45, 2.75) is 6.42 Å². The molecule has 0 saturated carbocycles. The van der Waals surface area contributed by atoms with Crippen LogP contribution < -0.4 is 10.6 Å². The van der Waals surface area contributed by atoms with Crippen molar-refractivity contribution in [3.63, 3.8) is 0 Å². The number of hydrogen-bond acceptors (Lipinski definition) is 5.